The van der Waals surface area contributed by atoms with Gasteiger partial charge in [-0.3, -0.25) is 4.79 Å². The number of rotatable bonds is 2. The van der Waals surface area contributed by atoms with Crippen molar-refractivity contribution in [3.05, 3.63) is 69.2 Å². The van der Waals surface area contributed by atoms with Crippen molar-refractivity contribution in [2.24, 2.45) is 0 Å². The molecule has 0 fully saturated rings. The summed E-state index contributed by atoms with van der Waals surface area (Å²) in [4.78, 5) is 12.1. The fourth-order valence-electron chi connectivity index (χ4n) is 2.61. The molecule has 1 unspecified atom stereocenters. The highest BCUT2D eigenvalue weighted by Gasteiger charge is 2.18. The maximum Gasteiger partial charge on any atom is 0.251 e. The van der Waals surface area contributed by atoms with E-state index >= 15 is 0 Å². The van der Waals surface area contributed by atoms with E-state index in [2.05, 4.69) is 21.2 Å². The molecule has 0 spiro atoms. The molecule has 1 aliphatic rings. The van der Waals surface area contributed by atoms with E-state index in [1.54, 1.807) is 0 Å². The first-order valence-electron chi connectivity index (χ1n) is 7.00. The Hall–Kier alpha value is -1.65. The van der Waals surface area contributed by atoms with E-state index in [0.717, 1.165) is 34.0 Å². The number of halogens is 1. The molecular weight excluding hydrogens is 330 g/mol. The van der Waals surface area contributed by atoms with Crippen molar-refractivity contribution >= 4 is 21.8 Å². The maximum absolute atomic E-state index is 12.1. The van der Waals surface area contributed by atoms with Gasteiger partial charge in [-0.15, -0.1) is 0 Å². The molecule has 1 atom stereocenters. The van der Waals surface area contributed by atoms with Crippen LogP contribution < -0.4 is 5.32 Å². The summed E-state index contributed by atoms with van der Waals surface area (Å²) in [5, 5.41) is 13.4. The molecule has 0 saturated heterocycles. The third kappa shape index (κ3) is 3.01. The van der Waals surface area contributed by atoms with Crippen molar-refractivity contribution < 1.29 is 9.90 Å². The normalized spacial score (nSPS) is 15.8. The number of hydrogen-bond acceptors (Lipinski definition) is 2. The van der Waals surface area contributed by atoms with Crippen LogP contribution in [0.1, 0.15) is 39.6 Å². The van der Waals surface area contributed by atoms with Gasteiger partial charge in [0, 0.05) is 16.6 Å². The van der Waals surface area contributed by atoms with Crippen LogP contribution in [0.15, 0.2) is 46.9 Å². The minimum absolute atomic E-state index is 0.0487. The zero-order chi connectivity index (χ0) is 14.8. The predicted molar refractivity (Wildman–Crippen MR) is 85.3 cm³/mol. The number of fused-ring (bicyclic) bond motifs is 1. The molecule has 1 amide bonds. The van der Waals surface area contributed by atoms with Crippen LogP contribution in [0, 0.1) is 0 Å². The van der Waals surface area contributed by atoms with E-state index in [4.69, 9.17) is 0 Å². The number of benzene rings is 2. The number of carbonyl (C=O) groups excluding carboxylic acids is 1. The molecule has 2 aromatic carbocycles. The van der Waals surface area contributed by atoms with Crippen LogP contribution in [0.4, 0.5) is 0 Å². The minimum Gasteiger partial charge on any atom is -0.384 e. The maximum atomic E-state index is 12.1. The van der Waals surface area contributed by atoms with Crippen LogP contribution in [0.3, 0.4) is 0 Å². The van der Waals surface area contributed by atoms with E-state index in [1.807, 2.05) is 42.5 Å². The molecule has 21 heavy (non-hydrogen) atoms. The highest BCUT2D eigenvalue weighted by Crippen LogP contribution is 2.26. The summed E-state index contributed by atoms with van der Waals surface area (Å²) in [5.74, 6) is -0.0487. The van der Waals surface area contributed by atoms with Crippen LogP contribution in [0.5, 0.6) is 0 Å². The van der Waals surface area contributed by atoms with Crippen LogP contribution in [0.25, 0.3) is 0 Å². The van der Waals surface area contributed by atoms with Gasteiger partial charge in [0.2, 0.25) is 0 Å². The lowest BCUT2D eigenvalue weighted by molar-refractivity contribution is 0.0956. The van der Waals surface area contributed by atoms with Gasteiger partial charge in [0.05, 0.1) is 0 Å². The van der Waals surface area contributed by atoms with E-state index in [1.165, 1.54) is 0 Å². The highest BCUT2D eigenvalue weighted by molar-refractivity contribution is 9.10. The first kappa shape index (κ1) is 14.3. The molecule has 0 aliphatic carbocycles. The average Bonchev–Trinajstić information content (AvgIpc) is 2.69. The predicted octanol–water partition coefficient (Wildman–Crippen LogP) is 3.21. The Kier molecular flexibility index (Phi) is 4.08. The van der Waals surface area contributed by atoms with Crippen molar-refractivity contribution in [2.75, 3.05) is 6.54 Å². The standard InChI is InChI=1S/C17H16BrNO2/c18-14-7-5-12(6-8-14)16(20)13-4-3-11-2-1-9-19-17(21)15(11)10-13/h3-8,10,16,20H,1-2,9H2,(H,19,21). The fraction of sp³-hybridized carbons (Fsp3) is 0.235. The van der Waals surface area contributed by atoms with Crippen molar-refractivity contribution in [3.8, 4) is 0 Å². The number of nitrogens with one attached hydrogen (secondary N) is 1. The van der Waals surface area contributed by atoms with Gasteiger partial charge in [0.1, 0.15) is 6.10 Å². The second-order valence-corrected chi connectivity index (χ2v) is 6.15. The summed E-state index contributed by atoms with van der Waals surface area (Å²) >= 11 is 3.38. The van der Waals surface area contributed by atoms with Gasteiger partial charge in [-0.25, -0.2) is 0 Å². The number of amides is 1. The molecule has 2 aromatic rings. The molecule has 0 radical (unpaired) electrons. The lowest BCUT2D eigenvalue weighted by Gasteiger charge is -2.14. The number of hydrogen-bond donors (Lipinski definition) is 2. The lowest BCUT2D eigenvalue weighted by atomic mass is 9.95. The van der Waals surface area contributed by atoms with Gasteiger partial charge < -0.3 is 10.4 Å². The van der Waals surface area contributed by atoms with Gasteiger partial charge in [0.25, 0.3) is 5.91 Å². The number of aliphatic hydroxyl groups excluding tert-OH is 1. The molecule has 1 heterocycles. The summed E-state index contributed by atoms with van der Waals surface area (Å²) in [7, 11) is 0. The Morgan fingerprint density at radius 3 is 2.57 bits per heavy atom. The van der Waals surface area contributed by atoms with Crippen LogP contribution >= 0.6 is 15.9 Å². The summed E-state index contributed by atoms with van der Waals surface area (Å²) < 4.78 is 0.972. The second kappa shape index (κ2) is 6.00. The Labute approximate surface area is 132 Å². The summed E-state index contributed by atoms with van der Waals surface area (Å²) in [6.45, 7) is 0.706. The fourth-order valence-corrected chi connectivity index (χ4v) is 2.87. The van der Waals surface area contributed by atoms with Crippen molar-refractivity contribution in [1.29, 1.82) is 0 Å². The van der Waals surface area contributed by atoms with Gasteiger partial charge in [-0.2, -0.15) is 0 Å². The van der Waals surface area contributed by atoms with Gasteiger partial charge >= 0.3 is 0 Å². The van der Waals surface area contributed by atoms with Crippen LogP contribution in [0.2, 0.25) is 0 Å². The summed E-state index contributed by atoms with van der Waals surface area (Å²) in [6, 6.07) is 13.2. The zero-order valence-corrected chi connectivity index (χ0v) is 13.1. The van der Waals surface area contributed by atoms with Crippen LogP contribution in [-0.4, -0.2) is 17.6 Å². The van der Waals surface area contributed by atoms with E-state index in [0.29, 0.717) is 12.1 Å². The smallest absolute Gasteiger partial charge is 0.251 e. The molecule has 4 heteroatoms. The lowest BCUT2D eigenvalue weighted by Crippen LogP contribution is -2.22. The Morgan fingerprint density at radius 2 is 1.81 bits per heavy atom. The highest BCUT2D eigenvalue weighted by atomic mass is 79.9. The molecule has 3 rings (SSSR count). The molecule has 2 N–H and O–H groups in total. The Balaban J connectivity index is 1.96. The van der Waals surface area contributed by atoms with Crippen molar-refractivity contribution in [2.45, 2.75) is 18.9 Å². The number of aryl methyl sites for hydroxylation is 1. The van der Waals surface area contributed by atoms with Crippen molar-refractivity contribution in [1.82, 2.24) is 5.32 Å². The van der Waals surface area contributed by atoms with E-state index in [-0.39, 0.29) is 5.91 Å². The Bertz CT molecular complexity index is 667. The SMILES string of the molecule is O=C1NCCCc2ccc(C(O)c3ccc(Br)cc3)cc21. The van der Waals surface area contributed by atoms with E-state index in [9.17, 15) is 9.90 Å². The third-order valence-corrected chi connectivity index (χ3v) is 4.32. The molecule has 3 nitrogen and oxygen atoms in total. The number of aliphatic hydroxyl groups is 1. The molecule has 108 valence electrons. The molecular formula is C17H16BrNO2. The topological polar surface area (TPSA) is 49.3 Å². The number of carbonyl (C=O) groups is 1. The zero-order valence-electron chi connectivity index (χ0n) is 11.5. The summed E-state index contributed by atoms with van der Waals surface area (Å²) in [5.41, 5.74) is 3.29. The summed E-state index contributed by atoms with van der Waals surface area (Å²) in [6.07, 6.45) is 1.12. The Morgan fingerprint density at radius 1 is 1.10 bits per heavy atom. The van der Waals surface area contributed by atoms with Gasteiger partial charge in [-0.05, 0) is 47.7 Å². The monoisotopic (exact) mass is 345 g/mol. The first-order chi connectivity index (χ1) is 10.1. The molecule has 0 aromatic heterocycles. The average molecular weight is 346 g/mol. The minimum atomic E-state index is -0.723. The van der Waals surface area contributed by atoms with Crippen LogP contribution in [-0.2, 0) is 6.42 Å². The first-order valence-corrected chi connectivity index (χ1v) is 7.79. The quantitative estimate of drug-likeness (QED) is 0.877. The largest absolute Gasteiger partial charge is 0.384 e. The van der Waals surface area contributed by atoms with Gasteiger partial charge in [-0.1, -0.05) is 40.2 Å². The van der Waals surface area contributed by atoms with E-state index < -0.39 is 6.10 Å². The molecule has 0 saturated carbocycles. The molecule has 0 bridgehead atoms. The molecule has 1 aliphatic heterocycles. The van der Waals surface area contributed by atoms with Gasteiger partial charge in [0.15, 0.2) is 0 Å². The second-order valence-electron chi connectivity index (χ2n) is 5.23. The third-order valence-electron chi connectivity index (χ3n) is 3.79. The van der Waals surface area contributed by atoms with Crippen molar-refractivity contribution in [3.63, 3.8) is 0 Å².